The molecule has 0 aliphatic heterocycles. The molecule has 0 aliphatic rings. The van der Waals surface area contributed by atoms with E-state index >= 15 is 0 Å². The van der Waals surface area contributed by atoms with E-state index in [1.807, 2.05) is 38.4 Å². The first-order valence-electron chi connectivity index (χ1n) is 10.2. The minimum absolute atomic E-state index is 0.0256. The van der Waals surface area contributed by atoms with Crippen molar-refractivity contribution in [3.8, 4) is 0 Å². The molecule has 0 aromatic heterocycles. The predicted molar refractivity (Wildman–Crippen MR) is 132 cm³/mol. The van der Waals surface area contributed by atoms with Gasteiger partial charge >= 0.3 is 0 Å². The number of rotatable bonds is 6. The molecule has 3 rings (SSSR count). The molecule has 30 heavy (non-hydrogen) atoms. The Hall–Kier alpha value is -2.36. The number of hydrogen-bond donors (Lipinski definition) is 2. The highest BCUT2D eigenvalue weighted by Gasteiger charge is 2.24. The summed E-state index contributed by atoms with van der Waals surface area (Å²) < 4.78 is 0. The molecule has 0 heterocycles. The van der Waals surface area contributed by atoms with Crippen LogP contribution < -0.4 is 16.4 Å². The minimum atomic E-state index is -0.0256. The Morgan fingerprint density at radius 3 is 1.57 bits per heavy atom. The molecular formula is C25H29Cl2N3. The third-order valence-corrected chi connectivity index (χ3v) is 6.30. The minimum Gasteiger partial charge on any atom is -0.398 e. The summed E-state index contributed by atoms with van der Waals surface area (Å²) in [6.45, 7) is 4.27. The van der Waals surface area contributed by atoms with Crippen LogP contribution in [0.1, 0.15) is 47.6 Å². The average Bonchev–Trinajstić information content (AvgIpc) is 2.73. The van der Waals surface area contributed by atoms with Crippen molar-refractivity contribution in [3.63, 3.8) is 0 Å². The van der Waals surface area contributed by atoms with E-state index in [-0.39, 0.29) is 5.92 Å². The highest BCUT2D eigenvalue weighted by molar-refractivity contribution is 6.33. The normalized spacial score (nSPS) is 11.2. The number of hydrogen-bond acceptors (Lipinski definition) is 3. The van der Waals surface area contributed by atoms with E-state index in [1.54, 1.807) is 0 Å². The molecule has 0 amide bonds. The van der Waals surface area contributed by atoms with Crippen LogP contribution in [0.4, 0.5) is 17.1 Å². The van der Waals surface area contributed by atoms with Crippen molar-refractivity contribution >= 4 is 40.3 Å². The Morgan fingerprint density at radius 1 is 0.767 bits per heavy atom. The van der Waals surface area contributed by atoms with Gasteiger partial charge in [0, 0.05) is 25.7 Å². The Morgan fingerprint density at radius 2 is 1.20 bits per heavy atom. The predicted octanol–water partition coefficient (Wildman–Crippen LogP) is 6.53. The second kappa shape index (κ2) is 9.20. The topological polar surface area (TPSA) is 55.3 Å². The molecule has 158 valence electrons. The molecule has 0 fully saturated rings. The quantitative estimate of drug-likeness (QED) is 0.337. The lowest BCUT2D eigenvalue weighted by atomic mass is 9.79. The van der Waals surface area contributed by atoms with Gasteiger partial charge in [-0.3, -0.25) is 0 Å². The van der Waals surface area contributed by atoms with E-state index in [0.29, 0.717) is 21.4 Å². The molecule has 3 nitrogen and oxygen atoms in total. The van der Waals surface area contributed by atoms with Crippen LogP contribution in [-0.2, 0) is 12.8 Å². The molecule has 5 heteroatoms. The molecule has 0 bridgehead atoms. The standard InChI is InChI=1S/C25H29Cl2N3/c1-5-15-11-23(28)21(26)13-19(15)25(17-7-9-18(10-8-17)30(3)4)20-14-22(27)24(29)12-16(20)6-2/h7-14,25H,5-6,28-29H2,1-4H3. The fourth-order valence-corrected chi connectivity index (χ4v) is 4.29. The molecule has 0 spiro atoms. The van der Waals surface area contributed by atoms with E-state index in [4.69, 9.17) is 34.7 Å². The molecule has 0 saturated carbocycles. The molecular weight excluding hydrogens is 413 g/mol. The van der Waals surface area contributed by atoms with Crippen molar-refractivity contribution in [1.29, 1.82) is 0 Å². The van der Waals surface area contributed by atoms with Crippen molar-refractivity contribution in [3.05, 3.63) is 86.4 Å². The van der Waals surface area contributed by atoms with Crippen LogP contribution in [0, 0.1) is 0 Å². The van der Waals surface area contributed by atoms with Crippen molar-refractivity contribution in [2.24, 2.45) is 0 Å². The largest absolute Gasteiger partial charge is 0.398 e. The molecule has 0 saturated heterocycles. The Kier molecular flexibility index (Phi) is 6.84. The Bertz CT molecular complexity index is 984. The first-order chi connectivity index (χ1) is 14.3. The highest BCUT2D eigenvalue weighted by Crippen LogP contribution is 2.41. The number of halogens is 2. The first kappa shape index (κ1) is 22.3. The van der Waals surface area contributed by atoms with Gasteiger partial charge in [0.1, 0.15) is 0 Å². The summed E-state index contributed by atoms with van der Waals surface area (Å²) in [7, 11) is 4.08. The number of aryl methyl sites for hydroxylation is 2. The van der Waals surface area contributed by atoms with Crippen LogP contribution in [-0.4, -0.2) is 14.1 Å². The maximum absolute atomic E-state index is 6.48. The van der Waals surface area contributed by atoms with E-state index in [1.165, 1.54) is 16.7 Å². The van der Waals surface area contributed by atoms with E-state index in [9.17, 15) is 0 Å². The maximum atomic E-state index is 6.48. The van der Waals surface area contributed by atoms with Gasteiger partial charge in [0.2, 0.25) is 0 Å². The van der Waals surface area contributed by atoms with Gasteiger partial charge < -0.3 is 16.4 Å². The van der Waals surface area contributed by atoms with Crippen LogP contribution in [0.15, 0.2) is 48.5 Å². The fraction of sp³-hybridized carbons (Fsp3) is 0.280. The van der Waals surface area contributed by atoms with Crippen molar-refractivity contribution in [1.82, 2.24) is 0 Å². The molecule has 0 unspecified atom stereocenters. The average molecular weight is 442 g/mol. The fourth-order valence-electron chi connectivity index (χ4n) is 3.95. The zero-order chi connectivity index (χ0) is 22.0. The van der Waals surface area contributed by atoms with Crippen LogP contribution in [0.2, 0.25) is 10.0 Å². The molecule has 0 aliphatic carbocycles. The third-order valence-electron chi connectivity index (χ3n) is 5.64. The highest BCUT2D eigenvalue weighted by atomic mass is 35.5. The van der Waals surface area contributed by atoms with E-state index in [2.05, 4.69) is 43.0 Å². The molecule has 3 aromatic carbocycles. The lowest BCUT2D eigenvalue weighted by molar-refractivity contribution is 0.912. The maximum Gasteiger partial charge on any atom is 0.0638 e. The van der Waals surface area contributed by atoms with Gasteiger partial charge in [0.25, 0.3) is 0 Å². The van der Waals surface area contributed by atoms with Gasteiger partial charge in [-0.2, -0.15) is 0 Å². The third kappa shape index (κ3) is 4.38. The van der Waals surface area contributed by atoms with Crippen molar-refractivity contribution in [2.75, 3.05) is 30.5 Å². The molecule has 4 N–H and O–H groups in total. The van der Waals surface area contributed by atoms with Crippen LogP contribution in [0.25, 0.3) is 0 Å². The summed E-state index contributed by atoms with van der Waals surface area (Å²) >= 11 is 13.0. The van der Waals surface area contributed by atoms with Crippen LogP contribution in [0.5, 0.6) is 0 Å². The molecule has 0 atom stereocenters. The number of anilines is 3. The second-order valence-electron chi connectivity index (χ2n) is 7.77. The van der Waals surface area contributed by atoms with Gasteiger partial charge in [-0.1, -0.05) is 49.2 Å². The van der Waals surface area contributed by atoms with E-state index < -0.39 is 0 Å². The molecule has 3 aromatic rings. The molecule has 0 radical (unpaired) electrons. The number of benzene rings is 3. The monoisotopic (exact) mass is 441 g/mol. The Balaban J connectivity index is 2.31. The van der Waals surface area contributed by atoms with Crippen molar-refractivity contribution < 1.29 is 0 Å². The van der Waals surface area contributed by atoms with Gasteiger partial charge in [-0.25, -0.2) is 0 Å². The first-order valence-corrected chi connectivity index (χ1v) is 10.9. The SMILES string of the molecule is CCc1cc(N)c(Cl)cc1C(c1ccc(N(C)C)cc1)c1cc(Cl)c(N)cc1CC. The number of nitrogens with zero attached hydrogens (tertiary/aromatic N) is 1. The summed E-state index contributed by atoms with van der Waals surface area (Å²) in [5.41, 5.74) is 20.4. The van der Waals surface area contributed by atoms with Gasteiger partial charge in [-0.15, -0.1) is 0 Å². The summed E-state index contributed by atoms with van der Waals surface area (Å²) in [5, 5.41) is 1.13. The van der Waals surface area contributed by atoms with Crippen molar-refractivity contribution in [2.45, 2.75) is 32.6 Å². The van der Waals surface area contributed by atoms with Gasteiger partial charge in [0.15, 0.2) is 0 Å². The lowest BCUT2D eigenvalue weighted by Gasteiger charge is -2.26. The second-order valence-corrected chi connectivity index (χ2v) is 8.59. The zero-order valence-corrected chi connectivity index (χ0v) is 19.5. The zero-order valence-electron chi connectivity index (χ0n) is 18.0. The van der Waals surface area contributed by atoms with Gasteiger partial charge in [0.05, 0.1) is 21.4 Å². The smallest absolute Gasteiger partial charge is 0.0638 e. The number of nitrogen functional groups attached to an aromatic ring is 2. The van der Waals surface area contributed by atoms with Crippen LogP contribution >= 0.6 is 23.2 Å². The summed E-state index contributed by atoms with van der Waals surface area (Å²) in [4.78, 5) is 2.09. The van der Waals surface area contributed by atoms with Crippen LogP contribution in [0.3, 0.4) is 0 Å². The Labute approximate surface area is 189 Å². The van der Waals surface area contributed by atoms with Gasteiger partial charge in [-0.05, 0) is 77.1 Å². The lowest BCUT2D eigenvalue weighted by Crippen LogP contribution is -2.12. The summed E-state index contributed by atoms with van der Waals surface area (Å²) in [6, 6.07) is 16.6. The van der Waals surface area contributed by atoms with E-state index in [0.717, 1.165) is 29.7 Å². The summed E-state index contributed by atoms with van der Waals surface area (Å²) in [5.74, 6) is -0.0256. The summed E-state index contributed by atoms with van der Waals surface area (Å²) in [6.07, 6.45) is 1.71. The number of nitrogens with two attached hydrogens (primary N) is 2.